The average Bonchev–Trinajstić information content (AvgIpc) is 2.84. The number of amides is 1. The van der Waals surface area contributed by atoms with E-state index in [1.165, 1.54) is 5.69 Å². The van der Waals surface area contributed by atoms with Gasteiger partial charge in [0.05, 0.1) is 30.0 Å². The number of ether oxygens (including phenoxy) is 1. The molecule has 1 amide bonds. The highest BCUT2D eigenvalue weighted by molar-refractivity contribution is 6.31. The van der Waals surface area contributed by atoms with Crippen LogP contribution in [-0.2, 0) is 4.74 Å². The first kappa shape index (κ1) is 20.1. The molecule has 2 aromatic carbocycles. The summed E-state index contributed by atoms with van der Waals surface area (Å²) in [4.78, 5) is 24.6. The number of hydrogen-bond donors (Lipinski definition) is 0. The van der Waals surface area contributed by atoms with Gasteiger partial charge in [0.1, 0.15) is 0 Å². The number of morpholine rings is 1. The summed E-state index contributed by atoms with van der Waals surface area (Å²) in [5.74, 6) is 0.0122. The molecule has 31 heavy (non-hydrogen) atoms. The lowest BCUT2D eigenvalue weighted by Crippen LogP contribution is -2.47. The second-order valence-corrected chi connectivity index (χ2v) is 8.33. The molecule has 7 heteroatoms. The number of anilines is 2. The third-order valence-electron chi connectivity index (χ3n) is 6.05. The number of rotatable bonds is 3. The molecule has 1 aromatic heterocycles. The van der Waals surface area contributed by atoms with E-state index in [1.54, 1.807) is 6.20 Å². The zero-order valence-corrected chi connectivity index (χ0v) is 18.1. The first-order valence-electron chi connectivity index (χ1n) is 10.7. The lowest BCUT2D eigenvalue weighted by Gasteiger charge is -2.39. The molecule has 2 aliphatic rings. The average molecular weight is 437 g/mol. The van der Waals surface area contributed by atoms with E-state index in [9.17, 15) is 4.79 Å². The van der Waals surface area contributed by atoms with E-state index in [0.717, 1.165) is 42.8 Å². The molecule has 160 valence electrons. The van der Waals surface area contributed by atoms with Gasteiger partial charge in [-0.3, -0.25) is 9.78 Å². The highest BCUT2D eigenvalue weighted by atomic mass is 35.5. The van der Waals surface area contributed by atoms with Gasteiger partial charge >= 0.3 is 0 Å². The Bertz CT molecular complexity index is 1080. The molecule has 0 atom stereocenters. The number of piperazine rings is 1. The number of pyridine rings is 1. The van der Waals surface area contributed by atoms with Crippen LogP contribution >= 0.6 is 11.6 Å². The van der Waals surface area contributed by atoms with Crippen molar-refractivity contribution in [2.45, 2.75) is 0 Å². The molecule has 3 aromatic rings. The minimum absolute atomic E-state index is 0.0122. The van der Waals surface area contributed by atoms with Gasteiger partial charge < -0.3 is 19.4 Å². The fourth-order valence-electron chi connectivity index (χ4n) is 4.41. The number of aromatic nitrogens is 1. The Balaban J connectivity index is 1.50. The summed E-state index contributed by atoms with van der Waals surface area (Å²) < 4.78 is 5.43. The van der Waals surface area contributed by atoms with Crippen molar-refractivity contribution >= 4 is 39.8 Å². The predicted molar refractivity (Wildman–Crippen MR) is 124 cm³/mol. The molecular weight excluding hydrogens is 412 g/mol. The van der Waals surface area contributed by atoms with Gasteiger partial charge in [0.2, 0.25) is 0 Å². The van der Waals surface area contributed by atoms with Crippen molar-refractivity contribution in [1.29, 1.82) is 0 Å². The number of hydrogen-bond acceptors (Lipinski definition) is 5. The fourth-order valence-corrected chi connectivity index (χ4v) is 4.58. The first-order chi connectivity index (χ1) is 15.2. The van der Waals surface area contributed by atoms with Crippen LogP contribution in [0.2, 0.25) is 5.02 Å². The highest BCUT2D eigenvalue weighted by Crippen LogP contribution is 2.33. The Morgan fingerprint density at radius 2 is 1.61 bits per heavy atom. The maximum absolute atomic E-state index is 13.4. The molecule has 5 rings (SSSR count). The number of fused-ring (bicyclic) bond motifs is 1. The van der Waals surface area contributed by atoms with Crippen LogP contribution < -0.4 is 9.80 Å². The van der Waals surface area contributed by atoms with Gasteiger partial charge in [-0.2, -0.15) is 0 Å². The summed E-state index contributed by atoms with van der Waals surface area (Å²) in [6, 6.07) is 16.2. The zero-order chi connectivity index (χ0) is 21.2. The Morgan fingerprint density at radius 3 is 2.35 bits per heavy atom. The highest BCUT2D eigenvalue weighted by Gasteiger charge is 2.27. The summed E-state index contributed by atoms with van der Waals surface area (Å²) in [5, 5.41) is 1.58. The summed E-state index contributed by atoms with van der Waals surface area (Å²) in [6.45, 7) is 5.78. The molecule has 0 radical (unpaired) electrons. The molecule has 0 aliphatic carbocycles. The molecule has 3 heterocycles. The van der Waals surface area contributed by atoms with E-state index in [4.69, 9.17) is 16.3 Å². The predicted octanol–water partition coefficient (Wildman–Crippen LogP) is 3.69. The molecule has 2 aliphatic heterocycles. The van der Waals surface area contributed by atoms with Gasteiger partial charge in [-0.15, -0.1) is 0 Å². The molecule has 0 spiro atoms. The largest absolute Gasteiger partial charge is 0.378 e. The van der Waals surface area contributed by atoms with Crippen LogP contribution in [-0.4, -0.2) is 68.3 Å². The third kappa shape index (κ3) is 4.05. The van der Waals surface area contributed by atoms with E-state index in [2.05, 4.69) is 39.0 Å². The van der Waals surface area contributed by atoms with Gasteiger partial charge in [0.15, 0.2) is 0 Å². The van der Waals surface area contributed by atoms with Gasteiger partial charge in [-0.25, -0.2) is 0 Å². The first-order valence-corrected chi connectivity index (χ1v) is 11.1. The van der Waals surface area contributed by atoms with Crippen LogP contribution in [0.4, 0.5) is 11.4 Å². The van der Waals surface area contributed by atoms with Crippen LogP contribution in [0.1, 0.15) is 10.4 Å². The number of nitrogens with zero attached hydrogens (tertiary/aromatic N) is 4. The molecule has 6 nitrogen and oxygen atoms in total. The van der Waals surface area contributed by atoms with Crippen LogP contribution in [0, 0.1) is 0 Å². The van der Waals surface area contributed by atoms with Crippen molar-refractivity contribution in [3.63, 3.8) is 0 Å². The zero-order valence-electron chi connectivity index (χ0n) is 17.3. The molecule has 0 bridgehead atoms. The van der Waals surface area contributed by atoms with E-state index in [-0.39, 0.29) is 5.91 Å². The van der Waals surface area contributed by atoms with Crippen molar-refractivity contribution in [1.82, 2.24) is 9.88 Å². The van der Waals surface area contributed by atoms with Crippen LogP contribution in [0.25, 0.3) is 10.9 Å². The summed E-state index contributed by atoms with van der Waals surface area (Å²) in [7, 11) is 0. The van der Waals surface area contributed by atoms with Crippen LogP contribution in [0.3, 0.4) is 0 Å². The summed E-state index contributed by atoms with van der Waals surface area (Å²) >= 11 is 6.35. The quantitative estimate of drug-likeness (QED) is 0.626. The second-order valence-electron chi connectivity index (χ2n) is 7.90. The van der Waals surface area contributed by atoms with Gasteiger partial charge in [-0.1, -0.05) is 29.8 Å². The molecule has 2 fully saturated rings. The van der Waals surface area contributed by atoms with Gasteiger partial charge in [0, 0.05) is 61.6 Å². The molecular formula is C24H25ClN4O2. The van der Waals surface area contributed by atoms with Crippen molar-refractivity contribution < 1.29 is 9.53 Å². The number of halogens is 1. The van der Waals surface area contributed by atoms with Crippen LogP contribution in [0.15, 0.2) is 54.7 Å². The monoisotopic (exact) mass is 436 g/mol. The standard InChI is InChI=1S/C24H25ClN4O2/c25-18-6-7-22-20(16-18)23(21(17-26-22)24(30)29-12-14-31-15-13-29)28-10-8-27(9-11-28)19-4-2-1-3-5-19/h1-7,16-17H,8-15H2. The Morgan fingerprint density at radius 1 is 0.903 bits per heavy atom. The smallest absolute Gasteiger partial charge is 0.257 e. The lowest BCUT2D eigenvalue weighted by molar-refractivity contribution is 0.0303. The van der Waals surface area contributed by atoms with Gasteiger partial charge in [0.25, 0.3) is 5.91 Å². The summed E-state index contributed by atoms with van der Waals surface area (Å²) in [6.07, 6.45) is 1.73. The Kier molecular flexibility index (Phi) is 5.66. The third-order valence-corrected chi connectivity index (χ3v) is 6.28. The van der Waals surface area contributed by atoms with Crippen molar-refractivity contribution in [3.05, 3.63) is 65.3 Å². The number of carbonyl (C=O) groups excluding carboxylic acids is 1. The van der Waals surface area contributed by atoms with Crippen molar-refractivity contribution in [2.24, 2.45) is 0 Å². The van der Waals surface area contributed by atoms with Crippen molar-refractivity contribution in [2.75, 3.05) is 62.3 Å². The minimum Gasteiger partial charge on any atom is -0.378 e. The van der Waals surface area contributed by atoms with Gasteiger partial charge in [-0.05, 0) is 30.3 Å². The molecule has 0 saturated carbocycles. The Hall–Kier alpha value is -2.83. The van der Waals surface area contributed by atoms with E-state index < -0.39 is 0 Å². The SMILES string of the molecule is O=C(c1cnc2ccc(Cl)cc2c1N1CCN(c2ccccc2)CC1)N1CCOCC1. The number of carbonyl (C=O) groups is 1. The summed E-state index contributed by atoms with van der Waals surface area (Å²) in [5.41, 5.74) is 3.67. The normalized spacial score (nSPS) is 17.3. The maximum Gasteiger partial charge on any atom is 0.257 e. The second kappa shape index (κ2) is 8.73. The lowest BCUT2D eigenvalue weighted by atomic mass is 10.1. The Labute approximate surface area is 187 Å². The van der Waals surface area contributed by atoms with E-state index in [1.807, 2.05) is 29.2 Å². The topological polar surface area (TPSA) is 48.9 Å². The maximum atomic E-state index is 13.4. The number of para-hydroxylation sites is 1. The fraction of sp³-hybridized carbons (Fsp3) is 0.333. The van der Waals surface area contributed by atoms with E-state index >= 15 is 0 Å². The molecule has 2 saturated heterocycles. The number of benzene rings is 2. The molecule has 0 N–H and O–H groups in total. The molecule has 0 unspecified atom stereocenters. The van der Waals surface area contributed by atoms with Crippen LogP contribution in [0.5, 0.6) is 0 Å². The minimum atomic E-state index is 0.0122. The van der Waals surface area contributed by atoms with E-state index in [0.29, 0.717) is 36.9 Å². The van der Waals surface area contributed by atoms with Crippen molar-refractivity contribution in [3.8, 4) is 0 Å².